The van der Waals surface area contributed by atoms with Crippen LogP contribution < -0.4 is 5.32 Å². The molecule has 2 aliphatic rings. The molecule has 0 bridgehead atoms. The highest BCUT2D eigenvalue weighted by Gasteiger charge is 2.32. The summed E-state index contributed by atoms with van der Waals surface area (Å²) in [5.41, 5.74) is 1.69. The standard InChI is InChI=1S/C37H37ClFN7O5S/c1-18-8-9-19(15-46(14-18)35(48)51-37(5,6)7)42-32-28-23-17-49-16-22(23)26(29(38)30(28)43-25(13-41)44-32)20-10-11-24(39)31-27(20)21(12-40)33(52-31)45-34(47)50-36(2,3)4/h10-11,18H,8-9,14-17H2,1-7H3,(H,45,47). The summed E-state index contributed by atoms with van der Waals surface area (Å²) >= 11 is 8.15. The molecule has 1 unspecified atom stereocenters. The van der Waals surface area contributed by atoms with Crippen molar-refractivity contribution in [2.75, 3.05) is 18.4 Å². The quantitative estimate of drug-likeness (QED) is 0.215. The minimum atomic E-state index is -0.803. The number of carbonyl (C=O) groups is 2. The first kappa shape index (κ1) is 36.9. The van der Waals surface area contributed by atoms with Gasteiger partial charge in [0.25, 0.3) is 0 Å². The lowest BCUT2D eigenvalue weighted by Gasteiger charge is -2.27. The summed E-state index contributed by atoms with van der Waals surface area (Å²) < 4.78 is 32.6. The number of aromatic nitrogens is 2. The van der Waals surface area contributed by atoms with Crippen LogP contribution >= 0.6 is 22.9 Å². The van der Waals surface area contributed by atoms with E-state index in [0.717, 1.165) is 17.8 Å². The van der Waals surface area contributed by atoms with Crippen LogP contribution in [-0.2, 0) is 27.4 Å². The molecule has 2 aromatic carbocycles. The van der Waals surface area contributed by atoms with Crippen LogP contribution in [0.1, 0.15) is 83.8 Å². The third-order valence-corrected chi connectivity index (χ3v) is 9.89. The number of nitriles is 2. The van der Waals surface area contributed by atoms with E-state index in [1.54, 1.807) is 25.7 Å². The Labute approximate surface area is 309 Å². The van der Waals surface area contributed by atoms with E-state index in [0.29, 0.717) is 46.3 Å². The largest absolute Gasteiger partial charge is 0.444 e. The van der Waals surface area contributed by atoms with Crippen molar-refractivity contribution in [1.82, 2.24) is 14.9 Å². The van der Waals surface area contributed by atoms with Crippen LogP contribution in [0.25, 0.3) is 32.1 Å². The first-order valence-electron chi connectivity index (χ1n) is 16.7. The van der Waals surface area contributed by atoms with Crippen molar-refractivity contribution < 1.29 is 28.2 Å². The summed E-state index contributed by atoms with van der Waals surface area (Å²) in [6.07, 6.45) is 0.121. The minimum absolute atomic E-state index is 0.0359. The van der Waals surface area contributed by atoms with Crippen LogP contribution in [0.4, 0.5) is 24.8 Å². The second kappa shape index (κ2) is 13.9. The number of likely N-dealkylation sites (tertiary alicyclic amines) is 1. The zero-order valence-electron chi connectivity index (χ0n) is 29.9. The van der Waals surface area contributed by atoms with Crippen LogP contribution in [0, 0.1) is 34.4 Å². The fraction of sp³-hybridized carbons (Fsp3) is 0.432. The van der Waals surface area contributed by atoms with Gasteiger partial charge in [-0.1, -0.05) is 24.6 Å². The second-order valence-electron chi connectivity index (χ2n) is 14.9. The van der Waals surface area contributed by atoms with Gasteiger partial charge in [0.15, 0.2) is 5.82 Å². The molecule has 52 heavy (non-hydrogen) atoms. The predicted octanol–water partition coefficient (Wildman–Crippen LogP) is 9.16. The van der Waals surface area contributed by atoms with Gasteiger partial charge in [-0.25, -0.2) is 24.0 Å². The molecule has 0 saturated carbocycles. The smallest absolute Gasteiger partial charge is 0.412 e. The number of carbonyl (C=O) groups excluding carboxylic acids is 2. The number of halogens is 2. The molecular weight excluding hydrogens is 709 g/mol. The number of aliphatic imine (C=N–C) groups is 1. The topological polar surface area (TPSA) is 163 Å². The monoisotopic (exact) mass is 745 g/mol. The van der Waals surface area contributed by atoms with Gasteiger partial charge < -0.3 is 19.1 Å². The number of benzene rings is 2. The molecule has 0 spiro atoms. The Morgan fingerprint density at radius 3 is 2.46 bits per heavy atom. The fourth-order valence-corrected chi connectivity index (χ4v) is 7.77. The molecule has 2 amide bonds. The van der Waals surface area contributed by atoms with Gasteiger partial charge in [-0.05, 0) is 83.1 Å². The molecule has 1 N–H and O–H groups in total. The van der Waals surface area contributed by atoms with Gasteiger partial charge in [0.1, 0.15) is 34.2 Å². The van der Waals surface area contributed by atoms with Crippen molar-refractivity contribution in [1.29, 1.82) is 10.5 Å². The minimum Gasteiger partial charge on any atom is -0.444 e. The lowest BCUT2D eigenvalue weighted by molar-refractivity contribution is 0.0260. The average molecular weight is 746 g/mol. The number of amides is 2. The number of rotatable bonds is 3. The molecule has 270 valence electrons. The van der Waals surface area contributed by atoms with E-state index >= 15 is 4.39 Å². The molecule has 0 aliphatic carbocycles. The maximum absolute atomic E-state index is 15.4. The molecule has 4 aromatic rings. The van der Waals surface area contributed by atoms with Crippen LogP contribution in [-0.4, -0.2) is 57.1 Å². The van der Waals surface area contributed by atoms with E-state index in [1.165, 1.54) is 12.1 Å². The van der Waals surface area contributed by atoms with E-state index in [1.807, 2.05) is 26.8 Å². The maximum Gasteiger partial charge on any atom is 0.412 e. The van der Waals surface area contributed by atoms with Gasteiger partial charge in [0.05, 0.1) is 45.9 Å². The van der Waals surface area contributed by atoms with Gasteiger partial charge in [0.2, 0.25) is 5.82 Å². The fourth-order valence-electron chi connectivity index (χ4n) is 6.35. The number of hydrogen-bond donors (Lipinski definition) is 1. The Kier molecular flexibility index (Phi) is 9.87. The Bertz CT molecular complexity index is 2260. The number of nitrogens with one attached hydrogen (secondary N) is 1. The van der Waals surface area contributed by atoms with E-state index in [9.17, 15) is 20.1 Å². The number of nitrogens with zero attached hydrogens (tertiary/aromatic N) is 6. The Morgan fingerprint density at radius 1 is 1.08 bits per heavy atom. The molecule has 1 fully saturated rings. The van der Waals surface area contributed by atoms with Gasteiger partial charge in [0, 0.05) is 23.2 Å². The van der Waals surface area contributed by atoms with Gasteiger partial charge in [-0.2, -0.15) is 15.5 Å². The van der Waals surface area contributed by atoms with E-state index in [-0.39, 0.29) is 68.5 Å². The summed E-state index contributed by atoms with van der Waals surface area (Å²) in [5.74, 6) is -0.361. The number of anilines is 1. The molecule has 2 aromatic heterocycles. The van der Waals surface area contributed by atoms with Crippen molar-refractivity contribution >= 4 is 72.6 Å². The number of ether oxygens (including phenoxy) is 3. The number of thiophene rings is 1. The van der Waals surface area contributed by atoms with Gasteiger partial charge in [-0.3, -0.25) is 5.32 Å². The lowest BCUT2D eigenvalue weighted by Crippen LogP contribution is -2.40. The van der Waals surface area contributed by atoms with Gasteiger partial charge in [-0.15, -0.1) is 11.3 Å². The number of fused-ring (bicyclic) bond motifs is 4. The molecule has 6 rings (SSSR count). The number of hydrogen-bond acceptors (Lipinski definition) is 11. The van der Waals surface area contributed by atoms with Crippen molar-refractivity contribution in [3.63, 3.8) is 0 Å². The zero-order chi connectivity index (χ0) is 37.7. The second-order valence-corrected chi connectivity index (χ2v) is 16.3. The Balaban J connectivity index is 1.54. The normalized spacial score (nSPS) is 17.1. The molecule has 1 saturated heterocycles. The first-order chi connectivity index (χ1) is 24.5. The van der Waals surface area contributed by atoms with Crippen LogP contribution in [0.5, 0.6) is 0 Å². The van der Waals surface area contributed by atoms with Crippen LogP contribution in [0.3, 0.4) is 0 Å². The molecular formula is C37H37ClFN7O5S. The summed E-state index contributed by atoms with van der Waals surface area (Å²) in [7, 11) is 0. The highest BCUT2D eigenvalue weighted by atomic mass is 35.5. The van der Waals surface area contributed by atoms with Gasteiger partial charge >= 0.3 is 12.2 Å². The first-order valence-corrected chi connectivity index (χ1v) is 17.9. The Morgan fingerprint density at radius 2 is 1.79 bits per heavy atom. The summed E-state index contributed by atoms with van der Waals surface area (Å²) in [6, 6.07) is 6.94. The van der Waals surface area contributed by atoms with Crippen LogP contribution in [0.15, 0.2) is 17.1 Å². The van der Waals surface area contributed by atoms with Crippen molar-refractivity contribution in [3.05, 3.63) is 45.5 Å². The van der Waals surface area contributed by atoms with E-state index in [4.69, 9.17) is 30.8 Å². The lowest BCUT2D eigenvalue weighted by atomic mass is 9.91. The molecule has 0 radical (unpaired) electrons. The van der Waals surface area contributed by atoms with Crippen LogP contribution in [0.2, 0.25) is 5.02 Å². The molecule has 1 atom stereocenters. The molecule has 15 heteroatoms. The molecule has 12 nitrogen and oxygen atoms in total. The Hall–Kier alpha value is -4.89. The maximum atomic E-state index is 15.4. The molecule has 2 aliphatic heterocycles. The summed E-state index contributed by atoms with van der Waals surface area (Å²) in [5, 5.41) is 23.9. The van der Waals surface area contributed by atoms with E-state index < -0.39 is 29.2 Å². The summed E-state index contributed by atoms with van der Waals surface area (Å²) in [6.45, 7) is 13.6. The highest BCUT2D eigenvalue weighted by Crippen LogP contribution is 2.49. The third-order valence-electron chi connectivity index (χ3n) is 8.41. The molecule has 4 heterocycles. The van der Waals surface area contributed by atoms with E-state index in [2.05, 4.69) is 28.3 Å². The SMILES string of the molecule is CC1CCC(=Nc2nc(C#N)nc3c(Cl)c(-c4ccc(F)c5sc(NC(=O)OC(C)(C)C)c(C#N)c45)c4c(c23)COC4)CN(C(=O)OC(C)(C)C)C1. The average Bonchev–Trinajstić information content (AvgIpc) is 3.62. The predicted molar refractivity (Wildman–Crippen MR) is 196 cm³/mol. The summed E-state index contributed by atoms with van der Waals surface area (Å²) in [4.78, 5) is 41.4. The highest BCUT2D eigenvalue weighted by molar-refractivity contribution is 7.23. The van der Waals surface area contributed by atoms with Crippen molar-refractivity contribution in [3.8, 4) is 23.3 Å². The zero-order valence-corrected chi connectivity index (χ0v) is 31.4. The van der Waals surface area contributed by atoms with Crippen molar-refractivity contribution in [2.45, 2.75) is 85.7 Å². The van der Waals surface area contributed by atoms with Crippen molar-refractivity contribution in [2.24, 2.45) is 10.9 Å². The third kappa shape index (κ3) is 7.37.